The number of methoxy groups -OCH3 is 3. The van der Waals surface area contributed by atoms with Gasteiger partial charge in [0, 0.05) is 34.7 Å². The van der Waals surface area contributed by atoms with Crippen LogP contribution in [0.1, 0.15) is 33.3 Å². The number of halogens is 1. The quantitative estimate of drug-likeness (QED) is 0.175. The number of nitrogens with zero attached hydrogens (tertiary/aromatic N) is 3. The average Bonchev–Trinajstić information content (AvgIpc) is 3.28. The standard InChI is InChI=1S/C31H38BrN3O4/c1-20(2)34(21(3)4)14-15-39-24-12-13-26-27(18-24)35(19-22-10-8-9-11-25(22)32)31(33-26)23-16-28(36-5)30(38-7)29(17-23)37-6/h8-13,16-18,20-21H,14-15,19H2,1-7H3. The monoisotopic (exact) mass is 595 g/mol. The van der Waals surface area contributed by atoms with Crippen molar-refractivity contribution >= 4 is 27.0 Å². The lowest BCUT2D eigenvalue weighted by molar-refractivity contribution is 0.142. The maximum absolute atomic E-state index is 6.24. The molecule has 0 bridgehead atoms. The molecule has 4 aromatic rings. The van der Waals surface area contributed by atoms with Crippen LogP contribution in [-0.4, -0.2) is 61.0 Å². The van der Waals surface area contributed by atoms with Crippen LogP contribution in [-0.2, 0) is 6.54 Å². The van der Waals surface area contributed by atoms with Gasteiger partial charge < -0.3 is 23.5 Å². The summed E-state index contributed by atoms with van der Waals surface area (Å²) in [6.07, 6.45) is 0. The van der Waals surface area contributed by atoms with Crippen molar-refractivity contribution in [3.63, 3.8) is 0 Å². The highest BCUT2D eigenvalue weighted by molar-refractivity contribution is 9.10. The van der Waals surface area contributed by atoms with Crippen LogP contribution in [0.5, 0.6) is 23.0 Å². The van der Waals surface area contributed by atoms with Crippen LogP contribution in [0.15, 0.2) is 59.1 Å². The summed E-state index contributed by atoms with van der Waals surface area (Å²) in [5.74, 6) is 3.32. The average molecular weight is 597 g/mol. The lowest BCUT2D eigenvalue weighted by atomic mass is 10.1. The second kappa shape index (κ2) is 12.7. The van der Waals surface area contributed by atoms with Gasteiger partial charge in [-0.2, -0.15) is 0 Å². The molecule has 208 valence electrons. The van der Waals surface area contributed by atoms with E-state index in [0.717, 1.165) is 44.8 Å². The molecule has 0 aliphatic carbocycles. The normalized spacial score (nSPS) is 11.6. The molecule has 4 rings (SSSR count). The van der Waals surface area contributed by atoms with Crippen molar-refractivity contribution < 1.29 is 18.9 Å². The molecule has 0 saturated carbocycles. The maximum atomic E-state index is 6.24. The van der Waals surface area contributed by atoms with Crippen molar-refractivity contribution in [3.05, 3.63) is 64.6 Å². The van der Waals surface area contributed by atoms with Crippen molar-refractivity contribution in [1.82, 2.24) is 14.5 Å². The van der Waals surface area contributed by atoms with Crippen molar-refractivity contribution in [2.24, 2.45) is 0 Å². The summed E-state index contributed by atoms with van der Waals surface area (Å²) in [5.41, 5.74) is 3.86. The Bertz CT molecular complexity index is 1380. The Hall–Kier alpha value is -3.23. The van der Waals surface area contributed by atoms with E-state index in [0.29, 0.717) is 42.5 Å². The van der Waals surface area contributed by atoms with Gasteiger partial charge in [-0.15, -0.1) is 0 Å². The molecule has 0 aliphatic rings. The molecule has 7 nitrogen and oxygen atoms in total. The molecule has 0 unspecified atom stereocenters. The minimum atomic E-state index is 0.461. The van der Waals surface area contributed by atoms with Crippen LogP contribution in [0.3, 0.4) is 0 Å². The molecule has 0 aliphatic heterocycles. The second-order valence-electron chi connectivity index (χ2n) is 9.95. The van der Waals surface area contributed by atoms with Gasteiger partial charge in [-0.05, 0) is 63.6 Å². The van der Waals surface area contributed by atoms with Crippen LogP contribution in [0.2, 0.25) is 0 Å². The summed E-state index contributed by atoms with van der Waals surface area (Å²) in [4.78, 5) is 7.47. The summed E-state index contributed by atoms with van der Waals surface area (Å²) < 4.78 is 26.3. The number of imidazole rings is 1. The van der Waals surface area contributed by atoms with Crippen molar-refractivity contribution in [3.8, 4) is 34.4 Å². The third-order valence-electron chi connectivity index (χ3n) is 6.87. The van der Waals surface area contributed by atoms with Gasteiger partial charge >= 0.3 is 0 Å². The van der Waals surface area contributed by atoms with E-state index in [9.17, 15) is 0 Å². The molecule has 8 heteroatoms. The lowest BCUT2D eigenvalue weighted by Gasteiger charge is -2.30. The van der Waals surface area contributed by atoms with E-state index in [-0.39, 0.29) is 0 Å². The smallest absolute Gasteiger partial charge is 0.203 e. The van der Waals surface area contributed by atoms with Gasteiger partial charge in [0.25, 0.3) is 0 Å². The van der Waals surface area contributed by atoms with Gasteiger partial charge in [0.2, 0.25) is 5.75 Å². The van der Waals surface area contributed by atoms with Crippen LogP contribution in [0.4, 0.5) is 0 Å². The Kier molecular flexibility index (Phi) is 9.40. The molecular weight excluding hydrogens is 558 g/mol. The van der Waals surface area contributed by atoms with Gasteiger partial charge in [-0.25, -0.2) is 4.98 Å². The topological polar surface area (TPSA) is 58.0 Å². The molecule has 0 spiro atoms. The molecule has 3 aromatic carbocycles. The van der Waals surface area contributed by atoms with Crippen molar-refractivity contribution in [2.75, 3.05) is 34.5 Å². The molecule has 39 heavy (non-hydrogen) atoms. The highest BCUT2D eigenvalue weighted by Crippen LogP contribution is 2.42. The second-order valence-corrected chi connectivity index (χ2v) is 10.8. The molecule has 1 heterocycles. The molecule has 1 aromatic heterocycles. The summed E-state index contributed by atoms with van der Waals surface area (Å²) in [6.45, 7) is 11.0. The van der Waals surface area contributed by atoms with Crippen LogP contribution in [0.25, 0.3) is 22.4 Å². The molecule has 0 saturated heterocycles. The van der Waals surface area contributed by atoms with Crippen LogP contribution in [0, 0.1) is 0 Å². The Morgan fingerprint density at radius 3 is 2.13 bits per heavy atom. The van der Waals surface area contributed by atoms with Gasteiger partial charge in [0.15, 0.2) is 11.5 Å². The first-order chi connectivity index (χ1) is 18.8. The number of hydrogen-bond donors (Lipinski definition) is 0. The lowest BCUT2D eigenvalue weighted by Crippen LogP contribution is -2.39. The van der Waals surface area contributed by atoms with Gasteiger partial charge in [-0.3, -0.25) is 4.90 Å². The zero-order valence-electron chi connectivity index (χ0n) is 23.8. The fourth-order valence-corrected chi connectivity index (χ4v) is 5.37. The van der Waals surface area contributed by atoms with Gasteiger partial charge in [0.05, 0.1) is 38.9 Å². The number of fused-ring (bicyclic) bond motifs is 1. The third kappa shape index (κ3) is 6.34. The van der Waals surface area contributed by atoms with Crippen LogP contribution < -0.4 is 18.9 Å². The molecule has 0 radical (unpaired) electrons. The molecule has 0 fully saturated rings. The zero-order chi connectivity index (χ0) is 28.1. The van der Waals surface area contributed by atoms with E-state index >= 15 is 0 Å². The van der Waals surface area contributed by atoms with Gasteiger partial charge in [0.1, 0.15) is 18.2 Å². The third-order valence-corrected chi connectivity index (χ3v) is 7.65. The zero-order valence-corrected chi connectivity index (χ0v) is 25.4. The van der Waals surface area contributed by atoms with Gasteiger partial charge in [-0.1, -0.05) is 34.1 Å². The van der Waals surface area contributed by atoms with E-state index in [2.05, 4.69) is 71.3 Å². The fraction of sp³-hybridized carbons (Fsp3) is 0.387. The number of benzene rings is 3. The first-order valence-electron chi connectivity index (χ1n) is 13.2. The molecule has 0 N–H and O–H groups in total. The van der Waals surface area contributed by atoms with Crippen LogP contribution >= 0.6 is 15.9 Å². The SMILES string of the molecule is COc1cc(-c2nc3ccc(OCCN(C(C)C)C(C)C)cc3n2Cc2ccccc2Br)cc(OC)c1OC. The predicted molar refractivity (Wildman–Crippen MR) is 161 cm³/mol. The van der Waals surface area contributed by atoms with E-state index in [1.807, 2.05) is 36.4 Å². The Morgan fingerprint density at radius 1 is 0.872 bits per heavy atom. The number of ether oxygens (including phenoxy) is 4. The van der Waals surface area contributed by atoms with Crippen molar-refractivity contribution in [1.29, 1.82) is 0 Å². The molecule has 0 atom stereocenters. The summed E-state index contributed by atoms with van der Waals surface area (Å²) in [6, 6.07) is 19.1. The Balaban J connectivity index is 1.78. The highest BCUT2D eigenvalue weighted by Gasteiger charge is 2.20. The number of aromatic nitrogens is 2. The Labute approximate surface area is 239 Å². The number of hydrogen-bond acceptors (Lipinski definition) is 6. The minimum Gasteiger partial charge on any atom is -0.493 e. The first kappa shape index (κ1) is 28.8. The van der Waals surface area contributed by atoms with E-state index in [1.165, 1.54) is 0 Å². The summed E-state index contributed by atoms with van der Waals surface area (Å²) in [5, 5.41) is 0. The predicted octanol–water partition coefficient (Wildman–Crippen LogP) is 7.04. The Morgan fingerprint density at radius 2 is 1.54 bits per heavy atom. The maximum Gasteiger partial charge on any atom is 0.203 e. The first-order valence-corrected chi connectivity index (χ1v) is 14.0. The van der Waals surface area contributed by atoms with Crippen molar-refractivity contribution in [2.45, 2.75) is 46.3 Å². The molecule has 0 amide bonds. The molecular formula is C31H38BrN3O4. The van der Waals surface area contributed by atoms with E-state index in [4.69, 9.17) is 23.9 Å². The summed E-state index contributed by atoms with van der Waals surface area (Å²) in [7, 11) is 4.84. The van der Waals surface area contributed by atoms with E-state index in [1.54, 1.807) is 21.3 Å². The largest absolute Gasteiger partial charge is 0.493 e. The van der Waals surface area contributed by atoms with E-state index < -0.39 is 0 Å². The summed E-state index contributed by atoms with van der Waals surface area (Å²) >= 11 is 3.72. The minimum absolute atomic E-state index is 0.461. The highest BCUT2D eigenvalue weighted by atomic mass is 79.9. The number of rotatable bonds is 12. The fourth-order valence-electron chi connectivity index (χ4n) is 4.96.